The Bertz CT molecular complexity index is 379. The molecule has 16 heavy (non-hydrogen) atoms. The molecule has 0 N–H and O–H groups in total. The Morgan fingerprint density at radius 1 is 1.12 bits per heavy atom. The van der Waals surface area contributed by atoms with Gasteiger partial charge in [0.2, 0.25) is 0 Å². The third kappa shape index (κ3) is 3.04. The zero-order chi connectivity index (χ0) is 11.2. The average molecular weight is 216 g/mol. The van der Waals surface area contributed by atoms with Crippen LogP contribution in [0.4, 0.5) is 0 Å². The number of ketones is 1. The Morgan fingerprint density at radius 3 is 2.69 bits per heavy atom. The lowest BCUT2D eigenvalue weighted by atomic mass is 9.99. The van der Waals surface area contributed by atoms with Gasteiger partial charge in [0.1, 0.15) is 0 Å². The standard InChI is InChI=1S/C14H16O2/c15-14-9-5-4-8-13(14)11-16-10-12-6-2-1-3-7-12/h1-3,6-8H,4-5,9-11H2. The Hall–Kier alpha value is -1.41. The topological polar surface area (TPSA) is 26.3 Å². The number of carbonyl (C=O) groups excluding carboxylic acids is 1. The lowest BCUT2D eigenvalue weighted by Gasteiger charge is -2.11. The molecule has 0 saturated carbocycles. The molecule has 2 nitrogen and oxygen atoms in total. The quantitative estimate of drug-likeness (QED) is 0.773. The van der Waals surface area contributed by atoms with Gasteiger partial charge in [0.15, 0.2) is 5.78 Å². The molecule has 0 saturated heterocycles. The van der Waals surface area contributed by atoms with Gasteiger partial charge in [-0.1, -0.05) is 36.4 Å². The maximum absolute atomic E-state index is 11.5. The van der Waals surface area contributed by atoms with Crippen LogP contribution >= 0.6 is 0 Å². The molecule has 0 radical (unpaired) electrons. The molecule has 0 aromatic heterocycles. The fourth-order valence-corrected chi connectivity index (χ4v) is 1.81. The molecule has 2 rings (SSSR count). The van der Waals surface area contributed by atoms with Crippen LogP contribution in [0.5, 0.6) is 0 Å². The third-order valence-corrected chi connectivity index (χ3v) is 2.73. The van der Waals surface area contributed by atoms with Gasteiger partial charge < -0.3 is 4.74 Å². The zero-order valence-electron chi connectivity index (χ0n) is 9.32. The van der Waals surface area contributed by atoms with Crippen molar-refractivity contribution in [2.75, 3.05) is 6.61 Å². The second-order valence-corrected chi connectivity index (χ2v) is 4.02. The largest absolute Gasteiger partial charge is 0.372 e. The summed E-state index contributed by atoms with van der Waals surface area (Å²) in [5, 5.41) is 0. The summed E-state index contributed by atoms with van der Waals surface area (Å²) in [6.45, 7) is 1.03. The SMILES string of the molecule is O=C1CCCC=C1COCc1ccccc1. The highest BCUT2D eigenvalue weighted by Crippen LogP contribution is 2.14. The minimum atomic E-state index is 0.249. The molecule has 0 spiro atoms. The van der Waals surface area contributed by atoms with Crippen molar-refractivity contribution in [3.8, 4) is 0 Å². The van der Waals surface area contributed by atoms with Gasteiger partial charge in [-0.3, -0.25) is 4.79 Å². The molecule has 0 fully saturated rings. The summed E-state index contributed by atoms with van der Waals surface area (Å²) in [6, 6.07) is 10.0. The van der Waals surface area contributed by atoms with Gasteiger partial charge in [0.05, 0.1) is 13.2 Å². The van der Waals surface area contributed by atoms with Crippen LogP contribution in [-0.2, 0) is 16.1 Å². The summed E-state index contributed by atoms with van der Waals surface area (Å²) < 4.78 is 5.54. The zero-order valence-corrected chi connectivity index (χ0v) is 9.32. The molecular weight excluding hydrogens is 200 g/mol. The summed E-state index contributed by atoms with van der Waals surface area (Å²) in [4.78, 5) is 11.5. The van der Waals surface area contributed by atoms with Crippen molar-refractivity contribution in [1.82, 2.24) is 0 Å². The number of hydrogen-bond acceptors (Lipinski definition) is 2. The summed E-state index contributed by atoms with van der Waals surface area (Å²) in [6.07, 6.45) is 4.69. The van der Waals surface area contributed by atoms with E-state index in [4.69, 9.17) is 4.74 Å². The third-order valence-electron chi connectivity index (χ3n) is 2.73. The fourth-order valence-electron chi connectivity index (χ4n) is 1.81. The van der Waals surface area contributed by atoms with Crippen LogP contribution in [0.25, 0.3) is 0 Å². The molecule has 0 unspecified atom stereocenters. The lowest BCUT2D eigenvalue weighted by Crippen LogP contribution is -2.12. The normalized spacial score (nSPS) is 16.0. The molecule has 1 aromatic carbocycles. The minimum Gasteiger partial charge on any atom is -0.372 e. The van der Waals surface area contributed by atoms with Gasteiger partial charge in [-0.25, -0.2) is 0 Å². The van der Waals surface area contributed by atoms with E-state index in [-0.39, 0.29) is 5.78 Å². The summed E-state index contributed by atoms with van der Waals surface area (Å²) in [7, 11) is 0. The first kappa shape index (κ1) is 11.1. The summed E-state index contributed by atoms with van der Waals surface area (Å²) >= 11 is 0. The van der Waals surface area contributed by atoms with E-state index in [1.807, 2.05) is 36.4 Å². The predicted octanol–water partition coefficient (Wildman–Crippen LogP) is 2.88. The van der Waals surface area contributed by atoms with Gasteiger partial charge in [-0.2, -0.15) is 0 Å². The van der Waals surface area contributed by atoms with Gasteiger partial charge in [-0.15, -0.1) is 0 Å². The van der Waals surface area contributed by atoms with E-state index < -0.39 is 0 Å². The Morgan fingerprint density at radius 2 is 1.94 bits per heavy atom. The van der Waals surface area contributed by atoms with E-state index in [1.165, 1.54) is 0 Å². The van der Waals surface area contributed by atoms with Gasteiger partial charge in [-0.05, 0) is 18.4 Å². The second-order valence-electron chi connectivity index (χ2n) is 4.02. The number of ether oxygens (including phenoxy) is 1. The number of benzene rings is 1. The molecule has 1 aliphatic carbocycles. The highest BCUT2D eigenvalue weighted by Gasteiger charge is 2.12. The van der Waals surface area contributed by atoms with Crippen LogP contribution in [0.1, 0.15) is 24.8 Å². The number of allylic oxidation sites excluding steroid dienone is 1. The molecule has 0 amide bonds. The van der Waals surface area contributed by atoms with Crippen LogP contribution in [0, 0.1) is 0 Å². The van der Waals surface area contributed by atoms with Crippen molar-refractivity contribution in [3.63, 3.8) is 0 Å². The number of Topliss-reactive ketones (excluding diaryl/α,β-unsaturated/α-hetero) is 1. The Labute approximate surface area is 95.9 Å². The first-order valence-electron chi connectivity index (χ1n) is 5.70. The first-order valence-corrected chi connectivity index (χ1v) is 5.70. The summed E-state index contributed by atoms with van der Waals surface area (Å²) in [5.74, 6) is 0.249. The van der Waals surface area contributed by atoms with Gasteiger partial charge >= 0.3 is 0 Å². The Balaban J connectivity index is 1.80. The molecule has 0 atom stereocenters. The predicted molar refractivity (Wildman–Crippen MR) is 63.0 cm³/mol. The minimum absolute atomic E-state index is 0.249. The average Bonchev–Trinajstić information content (AvgIpc) is 2.33. The highest BCUT2D eigenvalue weighted by atomic mass is 16.5. The van der Waals surface area contributed by atoms with Crippen molar-refractivity contribution < 1.29 is 9.53 Å². The van der Waals surface area contributed by atoms with Crippen molar-refractivity contribution in [3.05, 3.63) is 47.5 Å². The van der Waals surface area contributed by atoms with Crippen LogP contribution in [0.15, 0.2) is 42.0 Å². The van der Waals surface area contributed by atoms with E-state index in [0.717, 1.165) is 24.0 Å². The first-order chi connectivity index (χ1) is 7.86. The van der Waals surface area contributed by atoms with Crippen molar-refractivity contribution in [2.45, 2.75) is 25.9 Å². The lowest BCUT2D eigenvalue weighted by molar-refractivity contribution is -0.116. The number of hydrogen-bond donors (Lipinski definition) is 0. The van der Waals surface area contributed by atoms with Crippen LogP contribution < -0.4 is 0 Å². The van der Waals surface area contributed by atoms with E-state index in [1.54, 1.807) is 0 Å². The highest BCUT2D eigenvalue weighted by molar-refractivity contribution is 5.96. The monoisotopic (exact) mass is 216 g/mol. The molecule has 0 aliphatic heterocycles. The van der Waals surface area contributed by atoms with E-state index >= 15 is 0 Å². The van der Waals surface area contributed by atoms with E-state index in [2.05, 4.69) is 0 Å². The van der Waals surface area contributed by atoms with E-state index in [0.29, 0.717) is 19.6 Å². The molecule has 2 heteroatoms. The van der Waals surface area contributed by atoms with Gasteiger partial charge in [0.25, 0.3) is 0 Å². The molecule has 0 bridgehead atoms. The second kappa shape index (κ2) is 5.61. The molecule has 0 heterocycles. The van der Waals surface area contributed by atoms with Crippen molar-refractivity contribution in [1.29, 1.82) is 0 Å². The fraction of sp³-hybridized carbons (Fsp3) is 0.357. The Kier molecular flexibility index (Phi) is 3.89. The smallest absolute Gasteiger partial charge is 0.160 e. The van der Waals surface area contributed by atoms with Crippen LogP contribution in [0.2, 0.25) is 0 Å². The maximum atomic E-state index is 11.5. The molecule has 1 aliphatic rings. The van der Waals surface area contributed by atoms with Crippen LogP contribution in [-0.4, -0.2) is 12.4 Å². The molecular formula is C14H16O2. The van der Waals surface area contributed by atoms with Gasteiger partial charge in [0, 0.05) is 12.0 Å². The number of rotatable bonds is 4. The van der Waals surface area contributed by atoms with E-state index in [9.17, 15) is 4.79 Å². The van der Waals surface area contributed by atoms with Crippen molar-refractivity contribution in [2.24, 2.45) is 0 Å². The molecule has 84 valence electrons. The summed E-state index contributed by atoms with van der Waals surface area (Å²) in [5.41, 5.74) is 1.99. The van der Waals surface area contributed by atoms with Crippen molar-refractivity contribution >= 4 is 5.78 Å². The number of carbonyl (C=O) groups is 1. The molecule has 1 aromatic rings. The maximum Gasteiger partial charge on any atom is 0.160 e. The van der Waals surface area contributed by atoms with Crippen LogP contribution in [0.3, 0.4) is 0 Å².